The van der Waals surface area contributed by atoms with Crippen molar-refractivity contribution < 1.29 is 9.84 Å². The third-order valence-corrected chi connectivity index (χ3v) is 5.82. The van der Waals surface area contributed by atoms with Crippen LogP contribution in [0.1, 0.15) is 24.5 Å². The maximum atomic E-state index is 9.90. The molecule has 1 aromatic carbocycles. The van der Waals surface area contributed by atoms with Gasteiger partial charge in [-0.3, -0.25) is 9.88 Å². The third-order valence-electron chi connectivity index (χ3n) is 5.82. The fraction of sp³-hybridized carbons (Fsp3) is 0.450. The van der Waals surface area contributed by atoms with Crippen LogP contribution in [0.2, 0.25) is 0 Å². The molecule has 5 atom stereocenters. The Morgan fingerprint density at radius 3 is 3.00 bits per heavy atom. The van der Waals surface area contributed by atoms with Crippen LogP contribution < -0.4 is 0 Å². The number of hydrogen-bond acceptors (Lipinski definition) is 4. The molecule has 0 aliphatic carbocycles. The normalized spacial score (nSPS) is 30.4. The number of hydrogen-bond donors (Lipinski definition) is 1. The monoisotopic (exact) mass is 324 g/mol. The van der Waals surface area contributed by atoms with Crippen LogP contribution in [0, 0.1) is 11.8 Å². The molecule has 3 aliphatic rings. The van der Waals surface area contributed by atoms with Crippen molar-refractivity contribution in [3.8, 4) is 5.75 Å². The highest BCUT2D eigenvalue weighted by Gasteiger charge is 2.42. The SMILES string of the molecule is C=CC1CN2CCC1CC2[C@H](OC)c1ccnc2ccc(O)cc12. The summed E-state index contributed by atoms with van der Waals surface area (Å²) in [7, 11) is 1.79. The Morgan fingerprint density at radius 1 is 1.42 bits per heavy atom. The zero-order chi connectivity index (χ0) is 16.7. The highest BCUT2D eigenvalue weighted by atomic mass is 16.5. The van der Waals surface area contributed by atoms with Crippen LogP contribution in [0.25, 0.3) is 10.9 Å². The molecule has 24 heavy (non-hydrogen) atoms. The van der Waals surface area contributed by atoms with Crippen LogP contribution in [-0.2, 0) is 4.74 Å². The number of aromatic hydroxyl groups is 1. The van der Waals surface area contributed by atoms with Crippen LogP contribution in [-0.4, -0.2) is 41.2 Å². The lowest BCUT2D eigenvalue weighted by Gasteiger charge is -2.51. The Bertz CT molecular complexity index is 760. The Morgan fingerprint density at radius 2 is 2.29 bits per heavy atom. The fourth-order valence-corrected chi connectivity index (χ4v) is 4.59. The van der Waals surface area contributed by atoms with Crippen molar-refractivity contribution in [2.75, 3.05) is 20.2 Å². The summed E-state index contributed by atoms with van der Waals surface area (Å²) >= 11 is 0. The number of phenolic OH excluding ortho intramolecular Hbond substituents is 1. The summed E-state index contributed by atoms with van der Waals surface area (Å²) < 4.78 is 5.97. The molecular formula is C20H24N2O2. The first-order chi connectivity index (χ1) is 11.7. The van der Waals surface area contributed by atoms with E-state index < -0.39 is 0 Å². The van der Waals surface area contributed by atoms with Crippen LogP contribution in [0.5, 0.6) is 5.75 Å². The van der Waals surface area contributed by atoms with Gasteiger partial charge < -0.3 is 9.84 Å². The minimum Gasteiger partial charge on any atom is -0.508 e. The average Bonchev–Trinajstić information content (AvgIpc) is 2.63. The van der Waals surface area contributed by atoms with E-state index in [2.05, 4.69) is 22.5 Å². The van der Waals surface area contributed by atoms with Gasteiger partial charge in [0.2, 0.25) is 0 Å². The molecule has 3 saturated heterocycles. The highest BCUT2D eigenvalue weighted by Crippen LogP contribution is 2.43. The van der Waals surface area contributed by atoms with Gasteiger partial charge >= 0.3 is 0 Å². The quantitative estimate of drug-likeness (QED) is 0.874. The maximum absolute atomic E-state index is 9.90. The van der Waals surface area contributed by atoms with Crippen molar-refractivity contribution in [3.05, 3.63) is 48.7 Å². The predicted octanol–water partition coefficient (Wildman–Crippen LogP) is 3.52. The van der Waals surface area contributed by atoms with Gasteiger partial charge in [0.1, 0.15) is 5.75 Å². The first-order valence-electron chi connectivity index (χ1n) is 8.68. The van der Waals surface area contributed by atoms with Gasteiger partial charge in [-0.2, -0.15) is 0 Å². The number of ether oxygens (including phenoxy) is 1. The zero-order valence-corrected chi connectivity index (χ0v) is 14.1. The van der Waals surface area contributed by atoms with Crippen molar-refractivity contribution in [2.45, 2.75) is 25.0 Å². The number of nitrogens with zero attached hydrogens (tertiary/aromatic N) is 2. The van der Waals surface area contributed by atoms with Gasteiger partial charge in [-0.15, -0.1) is 6.58 Å². The maximum Gasteiger partial charge on any atom is 0.116 e. The molecule has 4 heterocycles. The van der Waals surface area contributed by atoms with E-state index in [4.69, 9.17) is 4.74 Å². The molecule has 3 fully saturated rings. The van der Waals surface area contributed by atoms with E-state index in [1.54, 1.807) is 19.2 Å². The second kappa shape index (κ2) is 6.19. The number of pyridine rings is 1. The second-order valence-corrected chi connectivity index (χ2v) is 7.00. The van der Waals surface area contributed by atoms with Crippen molar-refractivity contribution in [1.82, 2.24) is 9.88 Å². The van der Waals surface area contributed by atoms with Crippen LogP contribution in [0.4, 0.5) is 0 Å². The molecule has 0 saturated carbocycles. The number of benzene rings is 1. The Hall–Kier alpha value is -1.91. The predicted molar refractivity (Wildman–Crippen MR) is 94.9 cm³/mol. The molecule has 0 spiro atoms. The second-order valence-electron chi connectivity index (χ2n) is 7.00. The third kappa shape index (κ3) is 2.50. The van der Waals surface area contributed by atoms with E-state index in [9.17, 15) is 5.11 Å². The number of piperidine rings is 3. The summed E-state index contributed by atoms with van der Waals surface area (Å²) in [5, 5.41) is 10.9. The Balaban J connectivity index is 1.72. The van der Waals surface area contributed by atoms with E-state index in [1.807, 2.05) is 18.3 Å². The first-order valence-corrected chi connectivity index (χ1v) is 8.68. The van der Waals surface area contributed by atoms with Gasteiger partial charge in [-0.25, -0.2) is 0 Å². The molecule has 2 aromatic rings. The van der Waals surface area contributed by atoms with Crippen molar-refractivity contribution in [3.63, 3.8) is 0 Å². The standard InChI is InChI=1S/C20H24N2O2/c1-3-13-12-22-9-7-14(13)10-19(22)20(24-2)16-6-8-21-18-5-4-15(23)11-17(16)18/h3-6,8,11,13-14,19-20,23H,1,7,9-10,12H2,2H3/t13?,14?,19?,20-/m1/s1. The lowest BCUT2D eigenvalue weighted by atomic mass is 9.73. The summed E-state index contributed by atoms with van der Waals surface area (Å²) in [5.74, 6) is 1.58. The molecule has 3 aliphatic heterocycles. The lowest BCUT2D eigenvalue weighted by molar-refractivity contribution is -0.0601. The van der Waals surface area contributed by atoms with Crippen molar-refractivity contribution in [2.24, 2.45) is 11.8 Å². The molecule has 4 heteroatoms. The lowest BCUT2D eigenvalue weighted by Crippen LogP contribution is -2.55. The van der Waals surface area contributed by atoms with Gasteiger partial charge in [-0.1, -0.05) is 6.08 Å². The number of fused-ring (bicyclic) bond motifs is 4. The average molecular weight is 324 g/mol. The summed E-state index contributed by atoms with van der Waals surface area (Å²) in [6.45, 7) is 6.22. The van der Waals surface area contributed by atoms with Crippen molar-refractivity contribution in [1.29, 1.82) is 0 Å². The van der Waals surface area contributed by atoms with Gasteiger partial charge in [0.05, 0.1) is 11.6 Å². The van der Waals surface area contributed by atoms with E-state index in [0.717, 1.165) is 36.0 Å². The Labute approximate surface area is 142 Å². The molecule has 0 radical (unpaired) electrons. The number of methoxy groups -OCH3 is 1. The largest absolute Gasteiger partial charge is 0.508 e. The fourth-order valence-electron chi connectivity index (χ4n) is 4.59. The zero-order valence-electron chi connectivity index (χ0n) is 14.1. The van der Waals surface area contributed by atoms with E-state index in [1.165, 1.54) is 6.42 Å². The molecule has 4 unspecified atom stereocenters. The van der Waals surface area contributed by atoms with E-state index >= 15 is 0 Å². The smallest absolute Gasteiger partial charge is 0.116 e. The molecule has 2 bridgehead atoms. The Kier molecular flexibility index (Phi) is 4.02. The summed E-state index contributed by atoms with van der Waals surface area (Å²) in [6.07, 6.45) is 6.34. The highest BCUT2D eigenvalue weighted by molar-refractivity contribution is 5.83. The van der Waals surface area contributed by atoms with E-state index in [0.29, 0.717) is 17.9 Å². The molecule has 1 N–H and O–H groups in total. The summed E-state index contributed by atoms with van der Waals surface area (Å²) in [6, 6.07) is 7.75. The molecule has 126 valence electrons. The van der Waals surface area contributed by atoms with Crippen molar-refractivity contribution >= 4 is 10.9 Å². The van der Waals surface area contributed by atoms with E-state index in [-0.39, 0.29) is 11.9 Å². The minimum atomic E-state index is -0.00846. The van der Waals surface area contributed by atoms with Gasteiger partial charge in [-0.05, 0) is 61.1 Å². The van der Waals surface area contributed by atoms with Crippen LogP contribution in [0.3, 0.4) is 0 Å². The minimum absolute atomic E-state index is 0.00846. The van der Waals surface area contributed by atoms with Gasteiger partial charge in [0.25, 0.3) is 0 Å². The summed E-state index contributed by atoms with van der Waals surface area (Å²) in [4.78, 5) is 6.98. The molecule has 0 amide bonds. The van der Waals surface area contributed by atoms with Gasteiger partial charge in [0, 0.05) is 31.3 Å². The molecular weight excluding hydrogens is 300 g/mol. The number of rotatable bonds is 4. The number of phenols is 1. The molecule has 4 nitrogen and oxygen atoms in total. The molecule has 1 aromatic heterocycles. The number of aromatic nitrogens is 1. The van der Waals surface area contributed by atoms with Gasteiger partial charge in [0.15, 0.2) is 0 Å². The molecule has 5 rings (SSSR count). The van der Waals surface area contributed by atoms with Crippen LogP contribution >= 0.6 is 0 Å². The van der Waals surface area contributed by atoms with Crippen LogP contribution in [0.15, 0.2) is 43.1 Å². The topological polar surface area (TPSA) is 45.6 Å². The first kappa shape index (κ1) is 15.6. The summed E-state index contributed by atoms with van der Waals surface area (Å²) in [5.41, 5.74) is 2.01.